The van der Waals surface area contributed by atoms with Gasteiger partial charge in [0.2, 0.25) is 0 Å². The Hall–Kier alpha value is -1.24. The minimum atomic E-state index is -3.71. The predicted octanol–water partition coefficient (Wildman–Crippen LogP) is 0.932. The highest BCUT2D eigenvalue weighted by molar-refractivity contribution is 7.89. The summed E-state index contributed by atoms with van der Waals surface area (Å²) >= 11 is 0. The third kappa shape index (κ3) is 1.86. The lowest BCUT2D eigenvalue weighted by molar-refractivity contribution is -0.123. The summed E-state index contributed by atoms with van der Waals surface area (Å²) in [6.07, 6.45) is 0. The van der Waals surface area contributed by atoms with Gasteiger partial charge in [-0.05, 0) is 32.9 Å². The fourth-order valence-electron chi connectivity index (χ4n) is 2.09. The second-order valence-corrected chi connectivity index (χ2v) is 6.64. The number of carbonyl (C=O) groups is 1. The first-order valence-electron chi connectivity index (χ1n) is 5.69. The van der Waals surface area contributed by atoms with Crippen molar-refractivity contribution in [1.29, 1.82) is 0 Å². The molecule has 1 aliphatic heterocycles. The van der Waals surface area contributed by atoms with Crippen LogP contribution in [-0.4, -0.2) is 30.2 Å². The second kappa shape index (κ2) is 4.15. The van der Waals surface area contributed by atoms with E-state index in [1.54, 1.807) is 39.0 Å². The summed E-state index contributed by atoms with van der Waals surface area (Å²) in [5.74, 6) is -0.137. The molecule has 98 valence electrons. The van der Waals surface area contributed by atoms with Gasteiger partial charge in [0, 0.05) is 0 Å². The minimum absolute atomic E-state index is 0.137. The third-order valence-electron chi connectivity index (χ3n) is 3.10. The molecule has 0 saturated carbocycles. The molecular formula is C12H16N2O3S. The highest BCUT2D eigenvalue weighted by atomic mass is 32.2. The van der Waals surface area contributed by atoms with Crippen molar-refractivity contribution < 1.29 is 13.2 Å². The number of hydrogen-bond acceptors (Lipinski definition) is 4. The first-order valence-corrected chi connectivity index (χ1v) is 7.13. The highest BCUT2D eigenvalue weighted by Crippen LogP contribution is 2.29. The van der Waals surface area contributed by atoms with Crippen LogP contribution < -0.4 is 5.43 Å². The van der Waals surface area contributed by atoms with Gasteiger partial charge in [0.25, 0.3) is 10.0 Å². The van der Waals surface area contributed by atoms with Crippen LogP contribution in [0.5, 0.6) is 0 Å². The fraction of sp³-hybridized carbons (Fsp3) is 0.417. The molecule has 1 aromatic carbocycles. The molecule has 1 heterocycles. The van der Waals surface area contributed by atoms with Gasteiger partial charge in [-0.1, -0.05) is 18.2 Å². The molecule has 0 aliphatic carbocycles. The summed E-state index contributed by atoms with van der Waals surface area (Å²) in [7, 11) is -3.71. The molecule has 1 aliphatic rings. The molecule has 2 rings (SSSR count). The lowest BCUT2D eigenvalue weighted by Crippen LogP contribution is -2.49. The number of hydrazine groups is 1. The topological polar surface area (TPSA) is 66.5 Å². The van der Waals surface area contributed by atoms with Gasteiger partial charge >= 0.3 is 0 Å². The molecule has 18 heavy (non-hydrogen) atoms. The molecule has 0 aromatic heterocycles. The average molecular weight is 268 g/mol. The zero-order valence-corrected chi connectivity index (χ0v) is 11.4. The molecule has 6 heteroatoms. The molecule has 1 N–H and O–H groups in total. The van der Waals surface area contributed by atoms with E-state index in [4.69, 9.17) is 0 Å². The molecule has 1 saturated heterocycles. The van der Waals surface area contributed by atoms with E-state index in [0.717, 1.165) is 4.41 Å². The molecule has 5 nitrogen and oxygen atoms in total. The summed E-state index contributed by atoms with van der Waals surface area (Å²) in [4.78, 5) is 12.1. The van der Waals surface area contributed by atoms with Crippen molar-refractivity contribution in [2.24, 2.45) is 0 Å². The van der Waals surface area contributed by atoms with Crippen LogP contribution in [0.25, 0.3) is 0 Å². The molecule has 1 fully saturated rings. The van der Waals surface area contributed by atoms with Crippen LogP contribution in [-0.2, 0) is 14.8 Å². The Morgan fingerprint density at radius 1 is 1.22 bits per heavy atom. The number of sulfonamides is 1. The summed E-state index contributed by atoms with van der Waals surface area (Å²) in [5, 5.41) is 0. The summed E-state index contributed by atoms with van der Waals surface area (Å²) in [5.41, 5.74) is 1.65. The summed E-state index contributed by atoms with van der Waals surface area (Å²) < 4.78 is 26.0. The summed E-state index contributed by atoms with van der Waals surface area (Å²) in [6, 6.07) is 7.58. The lowest BCUT2D eigenvalue weighted by Gasteiger charge is -2.27. The molecule has 1 unspecified atom stereocenters. The third-order valence-corrected chi connectivity index (χ3v) is 5.01. The monoisotopic (exact) mass is 268 g/mol. The van der Waals surface area contributed by atoms with Gasteiger partial charge in [-0.3, -0.25) is 4.79 Å². The standard InChI is InChI=1S/C12H16N2O3S/c1-9-11(15)12(2,3)14(13-9)18(16,17)10-7-5-4-6-8-10/h4-9,13H,1-3H3. The summed E-state index contributed by atoms with van der Waals surface area (Å²) in [6.45, 7) is 4.86. The van der Waals surface area contributed by atoms with Gasteiger partial charge in [0.05, 0.1) is 10.9 Å². The van der Waals surface area contributed by atoms with E-state index in [9.17, 15) is 13.2 Å². The van der Waals surface area contributed by atoms with E-state index in [-0.39, 0.29) is 10.7 Å². The number of Topliss-reactive ketones (excluding diaryl/α,β-unsaturated/α-hetero) is 1. The molecule has 1 atom stereocenters. The number of ketones is 1. The Bertz CT molecular complexity index is 566. The van der Waals surface area contributed by atoms with Crippen LogP contribution in [0.1, 0.15) is 20.8 Å². The van der Waals surface area contributed by atoms with Gasteiger partial charge in [-0.25, -0.2) is 13.8 Å². The maximum Gasteiger partial charge on any atom is 0.256 e. The van der Waals surface area contributed by atoms with Gasteiger partial charge in [-0.2, -0.15) is 0 Å². The van der Waals surface area contributed by atoms with E-state index in [2.05, 4.69) is 5.43 Å². The van der Waals surface area contributed by atoms with Crippen molar-refractivity contribution in [3.8, 4) is 0 Å². The smallest absolute Gasteiger partial charge is 0.256 e. The van der Waals surface area contributed by atoms with Crippen LogP contribution in [0.4, 0.5) is 0 Å². The quantitative estimate of drug-likeness (QED) is 0.866. The van der Waals surface area contributed by atoms with Crippen molar-refractivity contribution in [2.45, 2.75) is 37.2 Å². The van der Waals surface area contributed by atoms with Crippen molar-refractivity contribution >= 4 is 15.8 Å². The van der Waals surface area contributed by atoms with Gasteiger partial charge in [0.1, 0.15) is 5.54 Å². The van der Waals surface area contributed by atoms with Crippen LogP contribution in [0.3, 0.4) is 0 Å². The number of carbonyl (C=O) groups excluding carboxylic acids is 1. The Kier molecular flexibility index (Phi) is 3.04. The molecule has 0 spiro atoms. The highest BCUT2D eigenvalue weighted by Gasteiger charge is 2.50. The zero-order chi connectivity index (χ0) is 13.6. The number of hydrogen-bond donors (Lipinski definition) is 1. The second-order valence-electron chi connectivity index (χ2n) is 4.86. The Morgan fingerprint density at radius 3 is 2.22 bits per heavy atom. The Balaban J connectivity index is 2.47. The van der Waals surface area contributed by atoms with E-state index < -0.39 is 21.6 Å². The minimum Gasteiger partial charge on any atom is -0.296 e. The van der Waals surface area contributed by atoms with Gasteiger partial charge in [0.15, 0.2) is 5.78 Å². The maximum absolute atomic E-state index is 12.5. The molecule has 0 radical (unpaired) electrons. The molecular weight excluding hydrogens is 252 g/mol. The van der Waals surface area contributed by atoms with Crippen LogP contribution in [0.15, 0.2) is 35.2 Å². The van der Waals surface area contributed by atoms with E-state index in [0.29, 0.717) is 0 Å². The Labute approximate surface area is 107 Å². The van der Waals surface area contributed by atoms with E-state index >= 15 is 0 Å². The van der Waals surface area contributed by atoms with Crippen LogP contribution in [0, 0.1) is 0 Å². The van der Waals surface area contributed by atoms with E-state index in [1.165, 1.54) is 12.1 Å². The fourth-order valence-corrected chi connectivity index (χ4v) is 3.79. The first-order chi connectivity index (χ1) is 8.28. The van der Waals surface area contributed by atoms with Crippen molar-refractivity contribution in [3.05, 3.63) is 30.3 Å². The Morgan fingerprint density at radius 2 is 1.78 bits per heavy atom. The van der Waals surface area contributed by atoms with Crippen molar-refractivity contribution in [1.82, 2.24) is 9.84 Å². The van der Waals surface area contributed by atoms with Crippen molar-refractivity contribution in [2.75, 3.05) is 0 Å². The van der Waals surface area contributed by atoms with Crippen LogP contribution >= 0.6 is 0 Å². The molecule has 0 bridgehead atoms. The molecule has 1 aromatic rings. The van der Waals surface area contributed by atoms with Crippen molar-refractivity contribution in [3.63, 3.8) is 0 Å². The number of nitrogens with one attached hydrogen (secondary N) is 1. The number of nitrogens with zero attached hydrogens (tertiary/aromatic N) is 1. The zero-order valence-electron chi connectivity index (χ0n) is 10.5. The average Bonchev–Trinajstić information content (AvgIpc) is 2.54. The lowest BCUT2D eigenvalue weighted by atomic mass is 9.98. The normalized spacial score (nSPS) is 24.4. The number of rotatable bonds is 2. The first kappa shape index (κ1) is 13.2. The predicted molar refractivity (Wildman–Crippen MR) is 67.2 cm³/mol. The molecule has 0 amide bonds. The maximum atomic E-state index is 12.5. The largest absolute Gasteiger partial charge is 0.296 e. The van der Waals surface area contributed by atoms with Gasteiger partial charge < -0.3 is 0 Å². The van der Waals surface area contributed by atoms with Crippen LogP contribution in [0.2, 0.25) is 0 Å². The van der Waals surface area contributed by atoms with Gasteiger partial charge in [-0.15, -0.1) is 4.41 Å². The SMILES string of the molecule is CC1NN(S(=O)(=O)c2ccccc2)C(C)(C)C1=O. The number of benzene rings is 1. The van der Waals surface area contributed by atoms with E-state index in [1.807, 2.05) is 0 Å².